The first-order valence-corrected chi connectivity index (χ1v) is 9.76. The maximum Gasteiger partial charge on any atom is 0.251 e. The molecule has 0 aliphatic carbocycles. The number of benzene rings is 2. The van der Waals surface area contributed by atoms with Gasteiger partial charge in [-0.2, -0.15) is 0 Å². The summed E-state index contributed by atoms with van der Waals surface area (Å²) >= 11 is 5.99. The number of fused-ring (bicyclic) bond motifs is 1. The van der Waals surface area contributed by atoms with Crippen molar-refractivity contribution in [3.63, 3.8) is 0 Å². The van der Waals surface area contributed by atoms with E-state index < -0.39 is 0 Å². The number of aromatic nitrogens is 2. The highest BCUT2D eigenvalue weighted by Crippen LogP contribution is 2.25. The lowest BCUT2D eigenvalue weighted by Crippen LogP contribution is -2.33. The minimum atomic E-state index is -0.0506. The van der Waals surface area contributed by atoms with Crippen molar-refractivity contribution in [3.05, 3.63) is 64.9 Å². The molecule has 27 heavy (non-hydrogen) atoms. The molecule has 2 aromatic carbocycles. The van der Waals surface area contributed by atoms with Crippen LogP contribution in [-0.2, 0) is 0 Å². The topological polar surface area (TPSA) is 46.9 Å². The number of hydrogen-bond donors (Lipinski definition) is 1. The molecular weight excluding hydrogens is 358 g/mol. The SMILES string of the molecule is CC(C)CC(C)NC(=O)c1ccc2c(c1)ncn2[C@H](C)c1ccc(Cl)cc1. The van der Waals surface area contributed by atoms with Gasteiger partial charge in [-0.1, -0.05) is 37.6 Å². The molecule has 0 bridgehead atoms. The van der Waals surface area contributed by atoms with Gasteiger partial charge < -0.3 is 9.88 Å². The number of carbonyl (C=O) groups is 1. The van der Waals surface area contributed by atoms with Crippen LogP contribution in [0.5, 0.6) is 0 Å². The summed E-state index contributed by atoms with van der Waals surface area (Å²) < 4.78 is 2.11. The number of hydrogen-bond acceptors (Lipinski definition) is 2. The van der Waals surface area contributed by atoms with Crippen molar-refractivity contribution in [3.8, 4) is 0 Å². The molecule has 1 heterocycles. The van der Waals surface area contributed by atoms with Crippen LogP contribution in [0.25, 0.3) is 11.0 Å². The molecule has 1 N–H and O–H groups in total. The van der Waals surface area contributed by atoms with E-state index in [1.54, 1.807) is 0 Å². The first-order valence-electron chi connectivity index (χ1n) is 9.38. The van der Waals surface area contributed by atoms with Gasteiger partial charge in [-0.3, -0.25) is 4.79 Å². The summed E-state index contributed by atoms with van der Waals surface area (Å²) in [4.78, 5) is 17.0. The first-order chi connectivity index (χ1) is 12.8. The number of rotatable bonds is 6. The van der Waals surface area contributed by atoms with Crippen molar-refractivity contribution in [2.24, 2.45) is 5.92 Å². The van der Waals surface area contributed by atoms with E-state index in [0.29, 0.717) is 11.5 Å². The van der Waals surface area contributed by atoms with E-state index in [9.17, 15) is 4.79 Å². The maximum atomic E-state index is 12.5. The first kappa shape index (κ1) is 19.4. The molecule has 0 aliphatic rings. The zero-order chi connectivity index (χ0) is 19.6. The van der Waals surface area contributed by atoms with Gasteiger partial charge in [0.05, 0.1) is 23.4 Å². The molecule has 0 aliphatic heterocycles. The van der Waals surface area contributed by atoms with Gasteiger partial charge in [0.2, 0.25) is 0 Å². The summed E-state index contributed by atoms with van der Waals surface area (Å²) in [5, 5.41) is 3.79. The largest absolute Gasteiger partial charge is 0.350 e. The van der Waals surface area contributed by atoms with Crippen LogP contribution in [0, 0.1) is 5.92 Å². The van der Waals surface area contributed by atoms with Crippen LogP contribution in [-0.4, -0.2) is 21.5 Å². The molecule has 3 rings (SSSR count). The fourth-order valence-corrected chi connectivity index (χ4v) is 3.58. The smallest absolute Gasteiger partial charge is 0.251 e. The third-order valence-corrected chi connectivity index (χ3v) is 5.06. The van der Waals surface area contributed by atoms with Crippen LogP contribution >= 0.6 is 11.6 Å². The zero-order valence-corrected chi connectivity index (χ0v) is 17.0. The Morgan fingerprint density at radius 1 is 1.11 bits per heavy atom. The van der Waals surface area contributed by atoms with E-state index >= 15 is 0 Å². The summed E-state index contributed by atoms with van der Waals surface area (Å²) in [7, 11) is 0. The van der Waals surface area contributed by atoms with Gasteiger partial charge in [0, 0.05) is 16.6 Å². The van der Waals surface area contributed by atoms with Crippen molar-refractivity contribution in [1.29, 1.82) is 0 Å². The van der Waals surface area contributed by atoms with E-state index in [4.69, 9.17) is 11.6 Å². The Bertz CT molecular complexity index is 930. The lowest BCUT2D eigenvalue weighted by atomic mass is 10.0. The van der Waals surface area contributed by atoms with E-state index in [1.807, 2.05) is 55.7 Å². The Morgan fingerprint density at radius 2 is 1.81 bits per heavy atom. The fourth-order valence-electron chi connectivity index (χ4n) is 3.46. The van der Waals surface area contributed by atoms with E-state index in [2.05, 4.69) is 35.6 Å². The Balaban J connectivity index is 1.82. The van der Waals surface area contributed by atoms with E-state index in [0.717, 1.165) is 28.0 Å². The Kier molecular flexibility index (Phi) is 5.85. The van der Waals surface area contributed by atoms with Gasteiger partial charge in [0.1, 0.15) is 0 Å². The van der Waals surface area contributed by atoms with Crippen LogP contribution in [0.2, 0.25) is 5.02 Å². The summed E-state index contributed by atoms with van der Waals surface area (Å²) in [5.74, 6) is 0.498. The van der Waals surface area contributed by atoms with Crippen LogP contribution in [0.4, 0.5) is 0 Å². The van der Waals surface area contributed by atoms with E-state index in [1.165, 1.54) is 0 Å². The van der Waals surface area contributed by atoms with E-state index in [-0.39, 0.29) is 18.0 Å². The summed E-state index contributed by atoms with van der Waals surface area (Å²) in [6.07, 6.45) is 2.79. The molecule has 1 unspecified atom stereocenters. The predicted molar refractivity (Wildman–Crippen MR) is 111 cm³/mol. The highest BCUT2D eigenvalue weighted by Gasteiger charge is 2.15. The van der Waals surface area contributed by atoms with Gasteiger partial charge in [0.25, 0.3) is 5.91 Å². The van der Waals surface area contributed by atoms with Crippen LogP contribution < -0.4 is 5.32 Å². The number of carbonyl (C=O) groups excluding carboxylic acids is 1. The van der Waals surface area contributed by atoms with Crippen molar-refractivity contribution in [1.82, 2.24) is 14.9 Å². The molecule has 3 aromatic rings. The summed E-state index contributed by atoms with van der Waals surface area (Å²) in [6, 6.07) is 13.8. The number of halogens is 1. The second kappa shape index (κ2) is 8.13. The molecule has 1 amide bonds. The Labute approximate surface area is 165 Å². The fraction of sp³-hybridized carbons (Fsp3) is 0.364. The summed E-state index contributed by atoms with van der Waals surface area (Å²) in [5.41, 5.74) is 3.62. The van der Waals surface area contributed by atoms with Crippen molar-refractivity contribution in [2.75, 3.05) is 0 Å². The lowest BCUT2D eigenvalue weighted by Gasteiger charge is -2.16. The molecular formula is C22H26ClN3O. The lowest BCUT2D eigenvalue weighted by molar-refractivity contribution is 0.0936. The van der Waals surface area contributed by atoms with Gasteiger partial charge in [-0.05, 0) is 62.1 Å². The Hall–Kier alpha value is -2.33. The van der Waals surface area contributed by atoms with Crippen LogP contribution in [0.15, 0.2) is 48.8 Å². The highest BCUT2D eigenvalue weighted by molar-refractivity contribution is 6.30. The molecule has 5 heteroatoms. The third kappa shape index (κ3) is 4.51. The van der Waals surface area contributed by atoms with Crippen molar-refractivity contribution >= 4 is 28.5 Å². The van der Waals surface area contributed by atoms with Crippen LogP contribution in [0.3, 0.4) is 0 Å². The van der Waals surface area contributed by atoms with Gasteiger partial charge >= 0.3 is 0 Å². The molecule has 0 fully saturated rings. The summed E-state index contributed by atoms with van der Waals surface area (Å²) in [6.45, 7) is 8.48. The number of imidazole rings is 1. The molecule has 2 atom stereocenters. The number of amides is 1. The quantitative estimate of drug-likeness (QED) is 0.614. The average Bonchev–Trinajstić information content (AvgIpc) is 3.04. The molecule has 0 saturated heterocycles. The molecule has 0 radical (unpaired) electrons. The second-order valence-corrected chi connectivity index (χ2v) is 8.02. The Morgan fingerprint density at radius 3 is 2.48 bits per heavy atom. The van der Waals surface area contributed by atoms with Gasteiger partial charge in [-0.15, -0.1) is 0 Å². The number of nitrogens with one attached hydrogen (secondary N) is 1. The highest BCUT2D eigenvalue weighted by atomic mass is 35.5. The average molecular weight is 384 g/mol. The van der Waals surface area contributed by atoms with Gasteiger partial charge in [0.15, 0.2) is 0 Å². The predicted octanol–water partition coefficient (Wildman–Crippen LogP) is 5.46. The second-order valence-electron chi connectivity index (χ2n) is 7.59. The number of nitrogens with zero attached hydrogens (tertiary/aromatic N) is 2. The molecule has 0 spiro atoms. The molecule has 142 valence electrons. The molecule has 1 aromatic heterocycles. The monoisotopic (exact) mass is 383 g/mol. The molecule has 4 nitrogen and oxygen atoms in total. The zero-order valence-electron chi connectivity index (χ0n) is 16.2. The third-order valence-electron chi connectivity index (χ3n) is 4.81. The minimum absolute atomic E-state index is 0.0506. The normalized spacial score (nSPS) is 13.7. The van der Waals surface area contributed by atoms with Crippen LogP contribution in [0.1, 0.15) is 56.1 Å². The minimum Gasteiger partial charge on any atom is -0.350 e. The van der Waals surface area contributed by atoms with Crippen molar-refractivity contribution < 1.29 is 4.79 Å². The molecule has 0 saturated carbocycles. The maximum absolute atomic E-state index is 12.5. The standard InChI is InChI=1S/C22H26ClN3O/c1-14(2)11-15(3)25-22(27)18-7-10-21-20(12-18)24-13-26(21)16(4)17-5-8-19(23)9-6-17/h5-10,12-16H,11H2,1-4H3,(H,25,27)/t15?,16-/m1/s1. The van der Waals surface area contributed by atoms with Gasteiger partial charge in [-0.25, -0.2) is 4.98 Å². The van der Waals surface area contributed by atoms with Crippen molar-refractivity contribution in [2.45, 2.75) is 46.2 Å².